The fourth-order valence-electron chi connectivity index (χ4n) is 0. The van der Waals surface area contributed by atoms with E-state index in [-0.39, 0.29) is 41.2 Å². The monoisotopic (exact) mass is 122 g/mol. The average Bonchev–Trinajstić information content (AvgIpc) is 0.918. The maximum Gasteiger partial charge on any atom is 1.00 e. The van der Waals surface area contributed by atoms with Gasteiger partial charge in [-0.05, 0) is 0 Å². The molecule has 0 saturated heterocycles. The van der Waals surface area contributed by atoms with Crippen molar-refractivity contribution in [3.8, 4) is 0 Å². The first-order valence-corrected chi connectivity index (χ1v) is 1.22. The van der Waals surface area contributed by atoms with Gasteiger partial charge in [-0.2, -0.15) is 0 Å². The van der Waals surface area contributed by atoms with E-state index in [1.165, 1.54) is 0 Å². The maximum atomic E-state index is 8.40. The predicted molar refractivity (Wildman–Crippen MR) is 17.6 cm³/mol. The van der Waals surface area contributed by atoms with Crippen LogP contribution >= 0.6 is 8.69 Å². The van der Waals surface area contributed by atoms with E-state index in [4.69, 9.17) is 9.46 Å². The Morgan fingerprint density at radius 2 is 1.50 bits per heavy atom. The first kappa shape index (κ1) is 28.1. The summed E-state index contributed by atoms with van der Waals surface area (Å²) in [4.78, 5) is 8.40. The molecule has 0 spiro atoms. The van der Waals surface area contributed by atoms with E-state index >= 15 is 0 Å². The van der Waals surface area contributed by atoms with Gasteiger partial charge in [-0.25, -0.2) is 0 Å². The Labute approximate surface area is 59.4 Å². The van der Waals surface area contributed by atoms with Crippen LogP contribution in [0.5, 0.6) is 0 Å². The van der Waals surface area contributed by atoms with Gasteiger partial charge in [0.2, 0.25) is 0 Å². The molecule has 0 rings (SSSR count). The van der Waals surface area contributed by atoms with E-state index in [0.29, 0.717) is 0 Å². The van der Waals surface area contributed by atoms with Crippen LogP contribution in [0.3, 0.4) is 0 Å². The van der Waals surface area contributed by atoms with Crippen molar-refractivity contribution >= 4 is 8.69 Å². The smallest absolute Gasteiger partial charge is 0.597 e. The molecule has 1 atom stereocenters. The van der Waals surface area contributed by atoms with Gasteiger partial charge in [0.05, 0.1) is 0 Å². The molecule has 1 unspecified atom stereocenters. The first-order valence-electron chi connectivity index (χ1n) is 0.408. The second-order valence-electron chi connectivity index (χ2n) is 0.0833. The summed E-state index contributed by atoms with van der Waals surface area (Å²) in [5, 5.41) is 0. The van der Waals surface area contributed by atoms with E-state index in [1.54, 1.807) is 0 Å². The summed E-state index contributed by atoms with van der Waals surface area (Å²) in [7, 11) is -1.42. The van der Waals surface area contributed by atoms with Crippen molar-refractivity contribution in [1.29, 1.82) is 0 Å². The predicted octanol–water partition coefficient (Wildman–Crippen LogP) is -4.37. The van der Waals surface area contributed by atoms with Crippen molar-refractivity contribution in [3.63, 3.8) is 0 Å². The summed E-state index contributed by atoms with van der Waals surface area (Å²) in [5.41, 5.74) is 0. The van der Waals surface area contributed by atoms with Crippen molar-refractivity contribution in [2.45, 2.75) is 0 Å². The molecule has 4 nitrogen and oxygen atoms in total. The fraction of sp³-hybridized carbons (Fsp3) is 0. The van der Waals surface area contributed by atoms with Crippen LogP contribution in [0, 0.1) is 0 Å². The molecule has 0 aromatic carbocycles. The van der Waals surface area contributed by atoms with Gasteiger partial charge in [0, 0.05) is 0 Å². The van der Waals surface area contributed by atoms with E-state index in [0.717, 1.165) is 0 Å². The van der Waals surface area contributed by atoms with Gasteiger partial charge in [0.15, 0.2) is 0 Å². The third-order valence-corrected chi connectivity index (χ3v) is 0. The molecular weight excluding hydrogens is 116 g/mol. The van der Waals surface area contributed by atoms with Crippen molar-refractivity contribution in [2.24, 2.45) is 0 Å². The summed E-state index contributed by atoms with van der Waals surface area (Å²) in [6, 6.07) is 0. The van der Waals surface area contributed by atoms with E-state index in [1.807, 2.05) is 0 Å². The molecule has 6 heteroatoms. The molecule has 0 aromatic heterocycles. The van der Waals surface area contributed by atoms with Gasteiger partial charge >= 0.3 is 29.6 Å². The number of hydrogen-bond donors (Lipinski definition) is 1. The zero-order valence-corrected chi connectivity index (χ0v) is 6.52. The van der Waals surface area contributed by atoms with Gasteiger partial charge < -0.3 is 16.5 Å². The summed E-state index contributed by atoms with van der Waals surface area (Å²) < 4.78 is 8.40. The van der Waals surface area contributed by atoms with Crippen LogP contribution in [0.4, 0.5) is 0 Å². The maximum absolute atomic E-state index is 8.40. The second kappa shape index (κ2) is 37.8. The zero-order valence-electron chi connectivity index (χ0n) is 3.52. The minimum Gasteiger partial charge on any atom is -0.597 e. The van der Waals surface area contributed by atoms with E-state index in [2.05, 4.69) is 0 Å². The molecule has 0 fully saturated rings. The Balaban J connectivity index is -0.00000000667. The Hall–Kier alpha value is 0.980. The second-order valence-corrected chi connectivity index (χ2v) is 0.250. The molecule has 0 aliphatic carbocycles. The molecule has 0 radical (unpaired) electrons. The molecular formula is H6NNaO3P+. The molecule has 0 aliphatic rings. The Morgan fingerprint density at radius 1 is 1.50 bits per heavy atom. The third kappa shape index (κ3) is 82.1. The summed E-state index contributed by atoms with van der Waals surface area (Å²) >= 11 is 0. The van der Waals surface area contributed by atoms with Gasteiger partial charge in [-0.1, -0.05) is 4.57 Å². The standard InChI is InChI=1S/H3N.Na.HO2P.H2O/c;;1-3-2;/h1H3;;3H;1H2/q;+1;;. The molecule has 0 heterocycles. The van der Waals surface area contributed by atoms with Crippen LogP contribution in [-0.2, 0) is 4.57 Å². The van der Waals surface area contributed by atoms with E-state index < -0.39 is 8.69 Å². The Kier molecular flexibility index (Phi) is 177. The molecule has 0 aromatic rings. The minimum absolute atomic E-state index is 0. The van der Waals surface area contributed by atoms with Crippen LogP contribution in [0.15, 0.2) is 0 Å². The van der Waals surface area contributed by atoms with Gasteiger partial charge in [0.1, 0.15) is 0 Å². The zero-order chi connectivity index (χ0) is 2.71. The van der Waals surface area contributed by atoms with E-state index in [9.17, 15) is 0 Å². The van der Waals surface area contributed by atoms with Crippen LogP contribution in [0.25, 0.3) is 0 Å². The van der Waals surface area contributed by atoms with Crippen molar-refractivity contribution in [1.82, 2.24) is 6.15 Å². The molecule has 0 aliphatic heterocycles. The minimum atomic E-state index is -1.42. The largest absolute Gasteiger partial charge is 1.00 e. The molecule has 0 bridgehead atoms. The van der Waals surface area contributed by atoms with Crippen LogP contribution in [0.2, 0.25) is 0 Å². The van der Waals surface area contributed by atoms with Crippen LogP contribution < -0.4 is 40.6 Å². The summed E-state index contributed by atoms with van der Waals surface area (Å²) in [5.74, 6) is 0. The van der Waals surface area contributed by atoms with Gasteiger partial charge in [-0.3, -0.25) is 0 Å². The average molecular weight is 122 g/mol. The topological polar surface area (TPSA) is 107 Å². The molecule has 6 heavy (non-hydrogen) atoms. The Bertz CT molecular complexity index is 18.3. The molecule has 0 saturated carbocycles. The van der Waals surface area contributed by atoms with Crippen molar-refractivity contribution < 1.29 is 44.5 Å². The SMILES string of the molecule is N.O.O=[PH+][O-].[Na+]. The quantitative estimate of drug-likeness (QED) is 0.259. The third-order valence-electron chi connectivity index (χ3n) is 0. The van der Waals surface area contributed by atoms with Crippen LogP contribution in [-0.4, -0.2) is 5.48 Å². The fourth-order valence-corrected chi connectivity index (χ4v) is 0. The van der Waals surface area contributed by atoms with Crippen molar-refractivity contribution in [2.75, 3.05) is 0 Å². The molecule has 5 N–H and O–H groups in total. The molecule has 34 valence electrons. The van der Waals surface area contributed by atoms with Crippen LogP contribution in [0.1, 0.15) is 0 Å². The van der Waals surface area contributed by atoms with Crippen molar-refractivity contribution in [3.05, 3.63) is 0 Å². The van der Waals surface area contributed by atoms with Gasteiger partial charge in [-0.15, -0.1) is 0 Å². The van der Waals surface area contributed by atoms with Gasteiger partial charge in [0.25, 0.3) is 8.69 Å². The first-order chi connectivity index (χ1) is 1.41. The normalized spacial score (nSPS) is 3.50. The summed E-state index contributed by atoms with van der Waals surface area (Å²) in [6.07, 6.45) is 0. The number of hydrogen-bond acceptors (Lipinski definition) is 3. The summed E-state index contributed by atoms with van der Waals surface area (Å²) in [6.45, 7) is 0. The number of rotatable bonds is 0. The Morgan fingerprint density at radius 3 is 1.50 bits per heavy atom. The molecule has 0 amide bonds.